The highest BCUT2D eigenvalue weighted by Crippen LogP contribution is 2.32. The molecule has 0 radical (unpaired) electrons. The zero-order chi connectivity index (χ0) is 20.6. The van der Waals surface area contributed by atoms with Crippen LogP contribution in [0.25, 0.3) is 16.9 Å². The smallest absolute Gasteiger partial charge is 0.433 e. The fourth-order valence-corrected chi connectivity index (χ4v) is 3.17. The normalized spacial score (nSPS) is 11.6. The van der Waals surface area contributed by atoms with Crippen LogP contribution < -0.4 is 10.1 Å². The summed E-state index contributed by atoms with van der Waals surface area (Å²) in [6.45, 7) is 0. The van der Waals surface area contributed by atoms with E-state index in [1.165, 1.54) is 30.7 Å². The minimum absolute atomic E-state index is 0.0965. The number of carbonyl (C=O) groups is 1. The van der Waals surface area contributed by atoms with Gasteiger partial charge in [0.05, 0.1) is 12.8 Å². The van der Waals surface area contributed by atoms with Crippen molar-refractivity contribution in [2.24, 2.45) is 0 Å². The second-order valence-corrected chi connectivity index (χ2v) is 6.74. The number of hydrogen-bond donors (Lipinski definition) is 1. The number of nitrogens with zero attached hydrogens (tertiary/aromatic N) is 4. The molecule has 1 amide bonds. The highest BCUT2D eigenvalue weighted by Gasteiger charge is 2.35. The van der Waals surface area contributed by atoms with Crippen molar-refractivity contribution >= 4 is 28.0 Å². The van der Waals surface area contributed by atoms with Crippen molar-refractivity contribution in [3.05, 3.63) is 59.4 Å². The predicted molar refractivity (Wildman–Crippen MR) is 100 cm³/mol. The molecule has 0 saturated heterocycles. The minimum atomic E-state index is -4.70. The summed E-state index contributed by atoms with van der Waals surface area (Å²) in [6.07, 6.45) is -3.20. The van der Waals surface area contributed by atoms with E-state index in [0.29, 0.717) is 21.0 Å². The SMILES string of the molecule is COc1ccc(-c2cc(C(F)(F)F)n3nc(C(=O)Nc4nccs4)cc3n2)cc1. The summed E-state index contributed by atoms with van der Waals surface area (Å²) in [5.41, 5.74) is -0.783. The molecule has 3 heterocycles. The van der Waals surface area contributed by atoms with E-state index >= 15 is 0 Å². The topological polar surface area (TPSA) is 81.4 Å². The lowest BCUT2D eigenvalue weighted by molar-refractivity contribution is -0.142. The Bertz CT molecular complexity index is 1170. The summed E-state index contributed by atoms with van der Waals surface area (Å²) in [5.74, 6) is -0.110. The lowest BCUT2D eigenvalue weighted by atomic mass is 10.1. The Labute approximate surface area is 165 Å². The van der Waals surface area contributed by atoms with Crippen LogP contribution in [-0.2, 0) is 6.18 Å². The lowest BCUT2D eigenvalue weighted by Gasteiger charge is -2.11. The average molecular weight is 419 g/mol. The van der Waals surface area contributed by atoms with E-state index in [2.05, 4.69) is 20.4 Å². The second kappa shape index (κ2) is 7.17. The molecule has 0 aliphatic rings. The predicted octanol–water partition coefficient (Wildman–Crippen LogP) is 4.13. The molecule has 1 aromatic carbocycles. The van der Waals surface area contributed by atoms with Gasteiger partial charge in [0.1, 0.15) is 5.75 Å². The molecule has 4 aromatic rings. The Kier molecular flexibility index (Phi) is 4.66. The fourth-order valence-electron chi connectivity index (χ4n) is 2.64. The third-order valence-electron chi connectivity index (χ3n) is 3.99. The van der Waals surface area contributed by atoms with Crippen molar-refractivity contribution in [2.75, 3.05) is 12.4 Å². The first-order chi connectivity index (χ1) is 13.8. The van der Waals surface area contributed by atoms with Gasteiger partial charge in [-0.1, -0.05) is 0 Å². The molecule has 29 heavy (non-hydrogen) atoms. The molecular formula is C18H12F3N5O2S. The maximum Gasteiger partial charge on any atom is 0.433 e. The van der Waals surface area contributed by atoms with Gasteiger partial charge in [-0.25, -0.2) is 14.5 Å². The number of fused-ring (bicyclic) bond motifs is 1. The quantitative estimate of drug-likeness (QED) is 0.538. The van der Waals surface area contributed by atoms with Crippen molar-refractivity contribution in [2.45, 2.75) is 6.18 Å². The van der Waals surface area contributed by atoms with Crippen LogP contribution in [0.4, 0.5) is 18.3 Å². The monoisotopic (exact) mass is 419 g/mol. The first-order valence-corrected chi connectivity index (χ1v) is 9.06. The number of rotatable bonds is 4. The molecule has 0 bridgehead atoms. The number of halogens is 3. The molecule has 148 valence electrons. The van der Waals surface area contributed by atoms with Crippen molar-refractivity contribution < 1.29 is 22.7 Å². The molecule has 4 rings (SSSR count). The zero-order valence-corrected chi connectivity index (χ0v) is 15.6. The van der Waals surface area contributed by atoms with Gasteiger partial charge >= 0.3 is 6.18 Å². The van der Waals surface area contributed by atoms with Crippen LogP contribution >= 0.6 is 11.3 Å². The maximum absolute atomic E-state index is 13.6. The number of thiazole rings is 1. The number of hydrogen-bond acceptors (Lipinski definition) is 6. The third-order valence-corrected chi connectivity index (χ3v) is 4.68. The van der Waals surface area contributed by atoms with Gasteiger partial charge in [0.25, 0.3) is 5.91 Å². The minimum Gasteiger partial charge on any atom is -0.497 e. The number of aromatic nitrogens is 4. The highest BCUT2D eigenvalue weighted by atomic mass is 32.1. The Hall–Kier alpha value is -3.47. The summed E-state index contributed by atoms with van der Waals surface area (Å²) >= 11 is 1.18. The molecule has 1 N–H and O–H groups in total. The van der Waals surface area contributed by atoms with E-state index in [1.807, 2.05) is 0 Å². The van der Waals surface area contributed by atoms with Crippen molar-refractivity contribution in [1.82, 2.24) is 19.6 Å². The van der Waals surface area contributed by atoms with E-state index in [4.69, 9.17) is 4.74 Å². The Morgan fingerprint density at radius 2 is 1.97 bits per heavy atom. The number of methoxy groups -OCH3 is 1. The summed E-state index contributed by atoms with van der Waals surface area (Å²) in [7, 11) is 1.49. The largest absolute Gasteiger partial charge is 0.497 e. The first-order valence-electron chi connectivity index (χ1n) is 8.18. The fraction of sp³-hybridized carbons (Fsp3) is 0.111. The molecule has 0 fully saturated rings. The molecule has 11 heteroatoms. The number of anilines is 1. The van der Waals surface area contributed by atoms with Crippen molar-refractivity contribution in [1.29, 1.82) is 0 Å². The van der Waals surface area contributed by atoms with E-state index in [1.54, 1.807) is 29.6 Å². The number of nitrogens with one attached hydrogen (secondary N) is 1. The lowest BCUT2D eigenvalue weighted by Crippen LogP contribution is -2.15. The average Bonchev–Trinajstić information content (AvgIpc) is 3.35. The van der Waals surface area contributed by atoms with Crippen LogP contribution in [0.5, 0.6) is 5.75 Å². The van der Waals surface area contributed by atoms with Gasteiger partial charge in [-0.3, -0.25) is 10.1 Å². The van der Waals surface area contributed by atoms with Gasteiger partial charge in [-0.05, 0) is 30.3 Å². The van der Waals surface area contributed by atoms with E-state index in [0.717, 1.165) is 6.07 Å². The van der Waals surface area contributed by atoms with Crippen LogP contribution in [0.2, 0.25) is 0 Å². The van der Waals surface area contributed by atoms with Gasteiger partial charge in [0, 0.05) is 23.2 Å². The van der Waals surface area contributed by atoms with Gasteiger partial charge in [0.15, 0.2) is 22.2 Å². The maximum atomic E-state index is 13.6. The molecule has 0 spiro atoms. The summed E-state index contributed by atoms with van der Waals surface area (Å²) in [6, 6.07) is 8.54. The van der Waals surface area contributed by atoms with Gasteiger partial charge in [-0.15, -0.1) is 11.3 Å². The Morgan fingerprint density at radius 3 is 2.59 bits per heavy atom. The van der Waals surface area contributed by atoms with Crippen LogP contribution in [0.1, 0.15) is 16.2 Å². The number of alkyl halides is 3. The number of carbonyl (C=O) groups excluding carboxylic acids is 1. The molecular weight excluding hydrogens is 407 g/mol. The van der Waals surface area contributed by atoms with Gasteiger partial charge in [0.2, 0.25) is 0 Å². The standard InChI is InChI=1S/C18H12F3N5O2S/c1-28-11-4-2-10(3-5-11)12-8-14(18(19,20)21)26-15(23-12)9-13(25-26)16(27)24-17-22-6-7-29-17/h2-9H,1H3,(H,22,24,27). The van der Waals surface area contributed by atoms with Crippen LogP contribution in [0.3, 0.4) is 0 Å². The van der Waals surface area contributed by atoms with Crippen LogP contribution in [-0.4, -0.2) is 32.6 Å². The van der Waals surface area contributed by atoms with Crippen molar-refractivity contribution in [3.63, 3.8) is 0 Å². The van der Waals surface area contributed by atoms with Crippen molar-refractivity contribution in [3.8, 4) is 17.0 Å². The molecule has 3 aromatic heterocycles. The first kappa shape index (κ1) is 18.9. The number of ether oxygens (including phenoxy) is 1. The molecule has 0 unspecified atom stereocenters. The van der Waals surface area contributed by atoms with E-state index < -0.39 is 17.8 Å². The Balaban J connectivity index is 1.80. The second-order valence-electron chi connectivity index (χ2n) is 5.84. The molecule has 0 saturated carbocycles. The van der Waals surface area contributed by atoms with E-state index in [-0.39, 0.29) is 17.0 Å². The third kappa shape index (κ3) is 3.76. The van der Waals surface area contributed by atoms with Gasteiger partial charge < -0.3 is 4.74 Å². The summed E-state index contributed by atoms with van der Waals surface area (Å²) in [4.78, 5) is 20.5. The molecule has 0 aliphatic heterocycles. The highest BCUT2D eigenvalue weighted by molar-refractivity contribution is 7.13. The summed E-state index contributed by atoms with van der Waals surface area (Å²) in [5, 5.41) is 8.26. The Morgan fingerprint density at radius 1 is 1.21 bits per heavy atom. The summed E-state index contributed by atoms with van der Waals surface area (Å²) < 4.78 is 46.6. The van der Waals surface area contributed by atoms with Crippen LogP contribution in [0.15, 0.2) is 48.0 Å². The molecule has 0 aliphatic carbocycles. The number of amides is 1. The molecule has 0 atom stereocenters. The zero-order valence-electron chi connectivity index (χ0n) is 14.8. The van der Waals surface area contributed by atoms with E-state index in [9.17, 15) is 18.0 Å². The molecule has 7 nitrogen and oxygen atoms in total. The van der Waals surface area contributed by atoms with Crippen LogP contribution in [0, 0.1) is 0 Å². The van der Waals surface area contributed by atoms with Gasteiger partial charge in [-0.2, -0.15) is 18.3 Å². The number of benzene rings is 1.